The maximum atomic E-state index is 11.9. The highest BCUT2D eigenvalue weighted by molar-refractivity contribution is 5.76. The van der Waals surface area contributed by atoms with Crippen molar-refractivity contribution in [2.75, 3.05) is 6.54 Å². The van der Waals surface area contributed by atoms with E-state index in [1.165, 1.54) is 0 Å². The van der Waals surface area contributed by atoms with Gasteiger partial charge in [0, 0.05) is 12.5 Å². The topological polar surface area (TPSA) is 55.1 Å². The molecule has 17 heavy (non-hydrogen) atoms. The number of nitrogens with one attached hydrogen (secondary N) is 1. The Hall–Kier alpha value is -0.570. The van der Waals surface area contributed by atoms with Crippen molar-refractivity contribution in [2.24, 2.45) is 23.0 Å². The van der Waals surface area contributed by atoms with Crippen molar-refractivity contribution in [3.8, 4) is 0 Å². The van der Waals surface area contributed by atoms with Gasteiger partial charge in [0.05, 0.1) is 0 Å². The second-order valence-corrected chi connectivity index (χ2v) is 6.59. The van der Waals surface area contributed by atoms with Crippen molar-refractivity contribution in [2.45, 2.75) is 60.4 Å². The molecular formula is C14H30N2O. The van der Waals surface area contributed by atoms with Gasteiger partial charge < -0.3 is 11.1 Å². The van der Waals surface area contributed by atoms with Crippen molar-refractivity contribution in [1.29, 1.82) is 0 Å². The van der Waals surface area contributed by atoms with E-state index in [0.29, 0.717) is 24.8 Å². The summed E-state index contributed by atoms with van der Waals surface area (Å²) in [4.78, 5) is 11.9. The Bertz CT molecular complexity index is 231. The van der Waals surface area contributed by atoms with Crippen molar-refractivity contribution in [3.63, 3.8) is 0 Å². The molecule has 3 heteroatoms. The highest BCUT2D eigenvalue weighted by Gasteiger charge is 2.22. The first-order chi connectivity index (χ1) is 7.66. The molecule has 0 aliphatic heterocycles. The summed E-state index contributed by atoms with van der Waals surface area (Å²) < 4.78 is 0. The Labute approximate surface area is 107 Å². The second kappa shape index (κ2) is 7.00. The minimum absolute atomic E-state index is 0.103. The molecule has 0 fully saturated rings. The molecule has 1 unspecified atom stereocenters. The zero-order chi connectivity index (χ0) is 13.6. The summed E-state index contributed by atoms with van der Waals surface area (Å²) in [5.74, 6) is 1.03. The fourth-order valence-electron chi connectivity index (χ4n) is 1.71. The second-order valence-electron chi connectivity index (χ2n) is 6.59. The Balaban J connectivity index is 4.16. The van der Waals surface area contributed by atoms with E-state index in [1.54, 1.807) is 0 Å². The smallest absolute Gasteiger partial charge is 0.220 e. The van der Waals surface area contributed by atoms with Gasteiger partial charge in [-0.1, -0.05) is 34.6 Å². The molecular weight excluding hydrogens is 212 g/mol. The third-order valence-corrected chi connectivity index (χ3v) is 3.29. The number of carbonyl (C=O) groups excluding carboxylic acids is 1. The first-order valence-electron chi connectivity index (χ1n) is 6.66. The molecule has 2 atom stereocenters. The monoisotopic (exact) mass is 242 g/mol. The minimum atomic E-state index is 0.103. The predicted molar refractivity (Wildman–Crippen MR) is 73.7 cm³/mol. The molecule has 0 aromatic rings. The normalized spacial score (nSPS) is 15.8. The van der Waals surface area contributed by atoms with E-state index in [2.05, 4.69) is 46.9 Å². The maximum Gasteiger partial charge on any atom is 0.220 e. The summed E-state index contributed by atoms with van der Waals surface area (Å²) in [6.07, 6.45) is 1.57. The van der Waals surface area contributed by atoms with E-state index in [0.717, 1.165) is 6.42 Å². The highest BCUT2D eigenvalue weighted by atomic mass is 16.1. The van der Waals surface area contributed by atoms with Crippen molar-refractivity contribution in [1.82, 2.24) is 5.32 Å². The van der Waals surface area contributed by atoms with Crippen LogP contribution in [0.15, 0.2) is 0 Å². The Morgan fingerprint density at radius 1 is 1.24 bits per heavy atom. The van der Waals surface area contributed by atoms with Crippen molar-refractivity contribution < 1.29 is 4.79 Å². The van der Waals surface area contributed by atoms with Crippen LogP contribution in [0.5, 0.6) is 0 Å². The summed E-state index contributed by atoms with van der Waals surface area (Å²) in [6, 6.07) is 0.187. The average molecular weight is 242 g/mol. The molecule has 0 radical (unpaired) electrons. The van der Waals surface area contributed by atoms with Crippen LogP contribution in [0, 0.1) is 17.3 Å². The average Bonchev–Trinajstić information content (AvgIpc) is 2.14. The lowest BCUT2D eigenvalue weighted by molar-refractivity contribution is -0.123. The predicted octanol–water partition coefficient (Wildman–Crippen LogP) is 2.55. The Kier molecular flexibility index (Phi) is 6.76. The number of hydrogen-bond donors (Lipinski definition) is 2. The Morgan fingerprint density at radius 3 is 2.12 bits per heavy atom. The van der Waals surface area contributed by atoms with Crippen LogP contribution >= 0.6 is 0 Å². The molecule has 1 amide bonds. The lowest BCUT2D eigenvalue weighted by Gasteiger charge is -2.28. The lowest BCUT2D eigenvalue weighted by atomic mass is 9.87. The molecule has 0 saturated heterocycles. The quantitative estimate of drug-likeness (QED) is 0.752. The summed E-state index contributed by atoms with van der Waals surface area (Å²) in [6.45, 7) is 13.4. The molecule has 0 aromatic carbocycles. The molecule has 0 bridgehead atoms. The van der Waals surface area contributed by atoms with Gasteiger partial charge in [0.25, 0.3) is 0 Å². The van der Waals surface area contributed by atoms with Crippen LogP contribution in [0.4, 0.5) is 0 Å². The fraction of sp³-hybridized carbons (Fsp3) is 0.929. The van der Waals surface area contributed by atoms with Crippen LogP contribution in [0.2, 0.25) is 0 Å². The van der Waals surface area contributed by atoms with Gasteiger partial charge in [-0.15, -0.1) is 0 Å². The molecule has 102 valence electrons. The number of amides is 1. The van der Waals surface area contributed by atoms with Crippen LogP contribution in [0.25, 0.3) is 0 Å². The summed E-state index contributed by atoms with van der Waals surface area (Å²) in [5.41, 5.74) is 5.81. The van der Waals surface area contributed by atoms with Crippen LogP contribution in [-0.2, 0) is 4.79 Å². The van der Waals surface area contributed by atoms with Crippen molar-refractivity contribution >= 4 is 5.91 Å². The van der Waals surface area contributed by atoms with Gasteiger partial charge in [-0.2, -0.15) is 0 Å². The van der Waals surface area contributed by atoms with Crippen LogP contribution in [0.1, 0.15) is 54.4 Å². The first-order valence-corrected chi connectivity index (χ1v) is 6.66. The van der Waals surface area contributed by atoms with Gasteiger partial charge in [-0.3, -0.25) is 4.79 Å². The molecule has 0 aliphatic carbocycles. The lowest BCUT2D eigenvalue weighted by Crippen LogP contribution is -2.42. The minimum Gasteiger partial charge on any atom is -0.353 e. The molecule has 3 nitrogen and oxygen atoms in total. The maximum absolute atomic E-state index is 11.9. The molecule has 0 heterocycles. The number of hydrogen-bond acceptors (Lipinski definition) is 2. The standard InChI is InChI=1S/C14H30N2O/c1-10(2)7-12(9-15)8-13(17)16-11(3)14(4,5)6/h10-12H,7-9,15H2,1-6H3,(H,16,17)/t11?,12-/m0/s1. The zero-order valence-electron chi connectivity index (χ0n) is 12.3. The first kappa shape index (κ1) is 16.4. The molecule has 0 rings (SSSR count). The van der Waals surface area contributed by atoms with Gasteiger partial charge in [-0.25, -0.2) is 0 Å². The van der Waals surface area contributed by atoms with E-state index < -0.39 is 0 Å². The Morgan fingerprint density at radius 2 is 1.76 bits per heavy atom. The highest BCUT2D eigenvalue weighted by Crippen LogP contribution is 2.19. The zero-order valence-corrected chi connectivity index (χ0v) is 12.3. The van der Waals surface area contributed by atoms with Crippen LogP contribution in [-0.4, -0.2) is 18.5 Å². The SMILES string of the molecule is CC(C)C[C@H](CN)CC(=O)NC(C)C(C)(C)C. The molecule has 3 N–H and O–H groups in total. The van der Waals surface area contributed by atoms with Gasteiger partial charge in [0.2, 0.25) is 5.91 Å². The van der Waals surface area contributed by atoms with Crippen LogP contribution < -0.4 is 11.1 Å². The third kappa shape index (κ3) is 7.37. The fourth-order valence-corrected chi connectivity index (χ4v) is 1.71. The third-order valence-electron chi connectivity index (χ3n) is 3.29. The van der Waals surface area contributed by atoms with Gasteiger partial charge in [0.15, 0.2) is 0 Å². The summed E-state index contributed by atoms with van der Waals surface area (Å²) in [5, 5.41) is 3.06. The van der Waals surface area contributed by atoms with Gasteiger partial charge in [-0.05, 0) is 37.1 Å². The molecule has 0 saturated carbocycles. The number of nitrogens with two attached hydrogens (primary N) is 1. The summed E-state index contributed by atoms with van der Waals surface area (Å²) in [7, 11) is 0. The molecule has 0 aliphatic rings. The van der Waals surface area contributed by atoms with E-state index in [9.17, 15) is 4.79 Å². The van der Waals surface area contributed by atoms with E-state index in [1.807, 2.05) is 0 Å². The number of carbonyl (C=O) groups is 1. The van der Waals surface area contributed by atoms with E-state index >= 15 is 0 Å². The molecule has 0 aromatic heterocycles. The van der Waals surface area contributed by atoms with Crippen molar-refractivity contribution in [3.05, 3.63) is 0 Å². The number of rotatable bonds is 6. The largest absolute Gasteiger partial charge is 0.353 e. The van der Waals surface area contributed by atoms with Gasteiger partial charge in [0.1, 0.15) is 0 Å². The van der Waals surface area contributed by atoms with Crippen LogP contribution in [0.3, 0.4) is 0 Å². The van der Waals surface area contributed by atoms with E-state index in [-0.39, 0.29) is 17.4 Å². The summed E-state index contributed by atoms with van der Waals surface area (Å²) >= 11 is 0. The molecule has 0 spiro atoms. The van der Waals surface area contributed by atoms with Gasteiger partial charge >= 0.3 is 0 Å². The van der Waals surface area contributed by atoms with E-state index in [4.69, 9.17) is 5.73 Å².